The van der Waals surface area contributed by atoms with Gasteiger partial charge in [-0.3, -0.25) is 9.69 Å². The van der Waals surface area contributed by atoms with Crippen molar-refractivity contribution >= 4 is 17.7 Å². The molecule has 1 aromatic rings. The zero-order valence-corrected chi connectivity index (χ0v) is 13.5. The first-order chi connectivity index (χ1) is 10.5. The van der Waals surface area contributed by atoms with E-state index in [2.05, 4.69) is 28.6 Å². The smallest absolute Gasteiger partial charge is 0.227 e. The third kappa shape index (κ3) is 2.72. The largest absolute Gasteiger partial charge is 0.383 e. The molecule has 120 valence electrons. The third-order valence-corrected chi connectivity index (χ3v) is 4.57. The molecule has 0 aromatic carbocycles. The number of carbonyl (C=O) groups excluding carboxylic acids is 1. The van der Waals surface area contributed by atoms with E-state index in [1.54, 1.807) is 6.92 Å². The van der Waals surface area contributed by atoms with E-state index in [1.807, 2.05) is 4.90 Å². The number of rotatable bonds is 2. The number of nitrogens with two attached hydrogens (primary N) is 1. The standard InChI is InChI=1S/C15H24N6O/c1-10(2)21-8-12-13(9-21)17-15(18-14(12)16)20-6-4-19(5-7-20)11(3)22/h10H,4-9H2,1-3H3,(H2,16,17,18). The van der Waals surface area contributed by atoms with Crippen molar-refractivity contribution in [1.29, 1.82) is 0 Å². The molecule has 1 aromatic heterocycles. The van der Waals surface area contributed by atoms with E-state index < -0.39 is 0 Å². The lowest BCUT2D eigenvalue weighted by Gasteiger charge is -2.34. The van der Waals surface area contributed by atoms with E-state index in [-0.39, 0.29) is 5.91 Å². The first-order valence-corrected chi connectivity index (χ1v) is 7.85. The van der Waals surface area contributed by atoms with Gasteiger partial charge >= 0.3 is 0 Å². The van der Waals surface area contributed by atoms with Crippen LogP contribution < -0.4 is 10.6 Å². The summed E-state index contributed by atoms with van der Waals surface area (Å²) in [7, 11) is 0. The predicted molar refractivity (Wildman–Crippen MR) is 85.3 cm³/mol. The van der Waals surface area contributed by atoms with E-state index in [1.165, 1.54) is 0 Å². The monoisotopic (exact) mass is 304 g/mol. The van der Waals surface area contributed by atoms with Crippen molar-refractivity contribution in [3.63, 3.8) is 0 Å². The molecular weight excluding hydrogens is 280 g/mol. The first-order valence-electron chi connectivity index (χ1n) is 7.85. The molecule has 1 saturated heterocycles. The number of anilines is 2. The number of hydrogen-bond acceptors (Lipinski definition) is 6. The van der Waals surface area contributed by atoms with Crippen molar-refractivity contribution in [2.24, 2.45) is 0 Å². The predicted octanol–water partition coefficient (Wildman–Crippen LogP) is 0.451. The van der Waals surface area contributed by atoms with Gasteiger partial charge in [0.05, 0.1) is 5.69 Å². The maximum atomic E-state index is 11.4. The lowest BCUT2D eigenvalue weighted by Crippen LogP contribution is -2.48. The number of piperazine rings is 1. The maximum absolute atomic E-state index is 11.4. The second-order valence-electron chi connectivity index (χ2n) is 6.33. The van der Waals surface area contributed by atoms with E-state index in [9.17, 15) is 4.79 Å². The van der Waals surface area contributed by atoms with Crippen LogP contribution in [0.4, 0.5) is 11.8 Å². The summed E-state index contributed by atoms with van der Waals surface area (Å²) in [6.45, 7) is 10.6. The molecule has 3 rings (SSSR count). The van der Waals surface area contributed by atoms with Crippen molar-refractivity contribution in [2.75, 3.05) is 36.8 Å². The molecule has 0 saturated carbocycles. The number of hydrogen-bond donors (Lipinski definition) is 1. The van der Waals surface area contributed by atoms with Gasteiger partial charge in [-0.05, 0) is 13.8 Å². The molecule has 1 amide bonds. The summed E-state index contributed by atoms with van der Waals surface area (Å²) in [5.74, 6) is 1.42. The van der Waals surface area contributed by atoms with Gasteiger partial charge in [-0.2, -0.15) is 4.98 Å². The number of fused-ring (bicyclic) bond motifs is 1. The summed E-state index contributed by atoms with van der Waals surface area (Å²) < 4.78 is 0. The van der Waals surface area contributed by atoms with Crippen LogP contribution >= 0.6 is 0 Å². The van der Waals surface area contributed by atoms with E-state index in [0.29, 0.717) is 30.9 Å². The van der Waals surface area contributed by atoms with Crippen molar-refractivity contribution < 1.29 is 4.79 Å². The Bertz CT molecular complexity index is 580. The number of carbonyl (C=O) groups is 1. The van der Waals surface area contributed by atoms with Crippen molar-refractivity contribution in [1.82, 2.24) is 19.8 Å². The van der Waals surface area contributed by atoms with Crippen molar-refractivity contribution in [3.8, 4) is 0 Å². The van der Waals surface area contributed by atoms with Crippen LogP contribution in [0.5, 0.6) is 0 Å². The second-order valence-corrected chi connectivity index (χ2v) is 6.33. The molecule has 7 nitrogen and oxygen atoms in total. The first kappa shape index (κ1) is 15.0. The molecule has 0 spiro atoms. The van der Waals surface area contributed by atoms with Crippen LogP contribution in [0.15, 0.2) is 0 Å². The van der Waals surface area contributed by atoms with Gasteiger partial charge in [0, 0.05) is 57.8 Å². The number of nitrogens with zero attached hydrogens (tertiary/aromatic N) is 5. The van der Waals surface area contributed by atoms with Crippen LogP contribution in [0.1, 0.15) is 32.0 Å². The highest BCUT2D eigenvalue weighted by Gasteiger charge is 2.28. The lowest BCUT2D eigenvalue weighted by atomic mass is 10.2. The second kappa shape index (κ2) is 5.72. The fraction of sp³-hybridized carbons (Fsp3) is 0.667. The van der Waals surface area contributed by atoms with Crippen LogP contribution in [-0.2, 0) is 17.9 Å². The van der Waals surface area contributed by atoms with Gasteiger partial charge in [0.25, 0.3) is 0 Å². The molecule has 2 N–H and O–H groups in total. The van der Waals surface area contributed by atoms with Crippen molar-refractivity contribution in [2.45, 2.75) is 39.9 Å². The van der Waals surface area contributed by atoms with Crippen LogP contribution in [0, 0.1) is 0 Å². The molecule has 2 aliphatic rings. The van der Waals surface area contributed by atoms with Gasteiger partial charge in [-0.1, -0.05) is 0 Å². The minimum absolute atomic E-state index is 0.126. The van der Waals surface area contributed by atoms with Crippen LogP contribution in [-0.4, -0.2) is 57.9 Å². The minimum Gasteiger partial charge on any atom is -0.383 e. The fourth-order valence-corrected chi connectivity index (χ4v) is 3.02. The average molecular weight is 304 g/mol. The topological polar surface area (TPSA) is 78.6 Å². The number of amides is 1. The van der Waals surface area contributed by atoms with E-state index in [4.69, 9.17) is 10.7 Å². The van der Waals surface area contributed by atoms with Gasteiger partial charge < -0.3 is 15.5 Å². The minimum atomic E-state index is 0.126. The molecule has 22 heavy (non-hydrogen) atoms. The Morgan fingerprint density at radius 2 is 1.82 bits per heavy atom. The zero-order valence-electron chi connectivity index (χ0n) is 13.5. The summed E-state index contributed by atoms with van der Waals surface area (Å²) in [6.07, 6.45) is 0. The van der Waals surface area contributed by atoms with Crippen molar-refractivity contribution in [3.05, 3.63) is 11.3 Å². The molecular formula is C15H24N6O. The van der Waals surface area contributed by atoms with E-state index in [0.717, 1.165) is 37.4 Å². The fourth-order valence-electron chi connectivity index (χ4n) is 3.02. The SMILES string of the molecule is CC(=O)N1CCN(c2nc(N)c3c(n2)CN(C(C)C)C3)CC1. The quantitative estimate of drug-likeness (QED) is 0.855. The van der Waals surface area contributed by atoms with Crippen LogP contribution in [0.3, 0.4) is 0 Å². The molecule has 1 fully saturated rings. The van der Waals surface area contributed by atoms with Crippen LogP contribution in [0.25, 0.3) is 0 Å². The summed E-state index contributed by atoms with van der Waals surface area (Å²) in [6, 6.07) is 0.469. The Hall–Kier alpha value is -1.89. The Morgan fingerprint density at radius 1 is 1.14 bits per heavy atom. The summed E-state index contributed by atoms with van der Waals surface area (Å²) >= 11 is 0. The molecule has 2 aliphatic heterocycles. The summed E-state index contributed by atoms with van der Waals surface area (Å²) in [5.41, 5.74) is 8.26. The van der Waals surface area contributed by atoms with E-state index >= 15 is 0 Å². The summed E-state index contributed by atoms with van der Waals surface area (Å²) in [4.78, 5) is 26.9. The summed E-state index contributed by atoms with van der Waals surface area (Å²) in [5, 5.41) is 0. The third-order valence-electron chi connectivity index (χ3n) is 4.57. The van der Waals surface area contributed by atoms with Gasteiger partial charge in [0.2, 0.25) is 11.9 Å². The molecule has 0 aliphatic carbocycles. The highest BCUT2D eigenvalue weighted by molar-refractivity contribution is 5.73. The molecule has 3 heterocycles. The molecule has 0 bridgehead atoms. The molecule has 0 radical (unpaired) electrons. The van der Waals surface area contributed by atoms with Gasteiger partial charge in [-0.15, -0.1) is 0 Å². The highest BCUT2D eigenvalue weighted by Crippen LogP contribution is 2.28. The number of aromatic nitrogens is 2. The molecule has 0 atom stereocenters. The Kier molecular flexibility index (Phi) is 3.90. The Balaban J connectivity index is 1.76. The van der Waals surface area contributed by atoms with Gasteiger partial charge in [0.15, 0.2) is 0 Å². The number of nitrogen functional groups attached to an aromatic ring is 1. The van der Waals surface area contributed by atoms with Crippen LogP contribution in [0.2, 0.25) is 0 Å². The normalized spacial score (nSPS) is 18.9. The molecule has 0 unspecified atom stereocenters. The Labute approximate surface area is 131 Å². The maximum Gasteiger partial charge on any atom is 0.227 e. The zero-order chi connectivity index (χ0) is 15.9. The highest BCUT2D eigenvalue weighted by atomic mass is 16.2. The van der Waals surface area contributed by atoms with Gasteiger partial charge in [0.1, 0.15) is 5.82 Å². The Morgan fingerprint density at radius 3 is 2.41 bits per heavy atom. The lowest BCUT2D eigenvalue weighted by molar-refractivity contribution is -0.129. The molecule has 7 heteroatoms. The average Bonchev–Trinajstić information content (AvgIpc) is 2.92. The van der Waals surface area contributed by atoms with Gasteiger partial charge in [-0.25, -0.2) is 4.98 Å².